The normalized spacial score (nSPS) is 8.36. The summed E-state index contributed by atoms with van der Waals surface area (Å²) in [6.07, 6.45) is 4.56. The monoisotopic (exact) mass is 152 g/mol. The molecule has 0 unspecified atom stereocenters. The summed E-state index contributed by atoms with van der Waals surface area (Å²) in [5, 5.41) is 0. The molecule has 3 heteroatoms. The molecule has 59 valence electrons. The Hall–Kier alpha value is -1.38. The minimum atomic E-state index is -0.310. The van der Waals surface area contributed by atoms with Crippen molar-refractivity contribution in [2.75, 3.05) is 6.54 Å². The van der Waals surface area contributed by atoms with Gasteiger partial charge >= 0.3 is 6.41 Å². The lowest BCUT2D eigenvalue weighted by molar-refractivity contribution is -0.126. The molecule has 0 aliphatic carbocycles. The molecule has 0 atom stereocenters. The van der Waals surface area contributed by atoms with E-state index >= 15 is 0 Å². The molecule has 0 rings (SSSR count). The van der Waals surface area contributed by atoms with Gasteiger partial charge in [-0.2, -0.15) is 0 Å². The first kappa shape index (κ1) is 9.62. The van der Waals surface area contributed by atoms with Crippen molar-refractivity contribution in [3.63, 3.8) is 0 Å². The lowest BCUT2D eigenvalue weighted by Gasteiger charge is -2.09. The van der Waals surface area contributed by atoms with E-state index in [4.69, 9.17) is 0 Å². The summed E-state index contributed by atoms with van der Waals surface area (Å²) in [6.45, 7) is 6.97. The van der Waals surface area contributed by atoms with Crippen molar-refractivity contribution in [2.45, 2.75) is 6.42 Å². The van der Waals surface area contributed by atoms with Gasteiger partial charge in [0.15, 0.2) is 0 Å². The molecule has 0 fully saturated rings. The van der Waals surface area contributed by atoms with Crippen LogP contribution >= 0.6 is 0 Å². The minimum absolute atomic E-state index is 0.156. The van der Waals surface area contributed by atoms with Crippen LogP contribution in [-0.4, -0.2) is 23.8 Å². The molecule has 0 bridgehead atoms. The van der Waals surface area contributed by atoms with Gasteiger partial charge in [0.25, 0.3) is 0 Å². The molecule has 1 radical (unpaired) electrons. The maximum atomic E-state index is 10.9. The number of carbonyl (C=O) groups excluding carboxylic acids is 2. The van der Waals surface area contributed by atoms with Crippen LogP contribution in [0, 0.1) is 0 Å². The van der Waals surface area contributed by atoms with Crippen molar-refractivity contribution in [2.24, 2.45) is 0 Å². The van der Waals surface area contributed by atoms with Crippen molar-refractivity contribution in [1.82, 2.24) is 4.90 Å². The highest BCUT2D eigenvalue weighted by molar-refractivity contribution is 5.87. The van der Waals surface area contributed by atoms with Gasteiger partial charge in [0.1, 0.15) is 0 Å². The van der Waals surface area contributed by atoms with Crippen LogP contribution in [0.25, 0.3) is 0 Å². The molecular weight excluding hydrogens is 142 g/mol. The molecule has 0 saturated heterocycles. The molecule has 2 amide bonds. The number of amides is 2. The Balaban J connectivity index is 4.00. The van der Waals surface area contributed by atoms with Crippen LogP contribution in [-0.2, 0) is 9.59 Å². The zero-order valence-corrected chi connectivity index (χ0v) is 6.25. The molecule has 0 aliphatic heterocycles. The first-order valence-corrected chi connectivity index (χ1v) is 3.16. The van der Waals surface area contributed by atoms with E-state index in [1.165, 1.54) is 18.6 Å². The van der Waals surface area contributed by atoms with E-state index in [1.807, 2.05) is 0 Å². The van der Waals surface area contributed by atoms with E-state index in [-0.39, 0.29) is 18.9 Å². The number of rotatable bonds is 5. The minimum Gasteiger partial charge on any atom is -0.274 e. The predicted molar refractivity (Wildman–Crippen MR) is 42.4 cm³/mol. The fraction of sp³-hybridized carbons (Fsp3) is 0.250. The highest BCUT2D eigenvalue weighted by atomic mass is 16.2. The van der Waals surface area contributed by atoms with Gasteiger partial charge in [0.2, 0.25) is 5.91 Å². The van der Waals surface area contributed by atoms with Crippen LogP contribution in [0.15, 0.2) is 25.3 Å². The lowest BCUT2D eigenvalue weighted by Crippen LogP contribution is -2.28. The lowest BCUT2D eigenvalue weighted by atomic mass is 10.3. The van der Waals surface area contributed by atoms with Gasteiger partial charge in [-0.1, -0.05) is 12.2 Å². The average Bonchev–Trinajstić information content (AvgIpc) is 2.00. The predicted octanol–water partition coefficient (Wildman–Crippen LogP) is 0.644. The molecule has 0 aromatic heterocycles. The van der Waals surface area contributed by atoms with E-state index in [1.54, 1.807) is 0 Å². The van der Waals surface area contributed by atoms with Gasteiger partial charge in [0.05, 0.1) is 0 Å². The maximum absolute atomic E-state index is 10.9. The van der Waals surface area contributed by atoms with Gasteiger partial charge in [-0.25, -0.2) is 0 Å². The number of imide groups is 1. The fourth-order valence-corrected chi connectivity index (χ4v) is 0.553. The average molecular weight is 152 g/mol. The Morgan fingerprint density at radius 3 is 2.45 bits per heavy atom. The molecule has 3 nitrogen and oxygen atoms in total. The van der Waals surface area contributed by atoms with Crippen LogP contribution in [0.4, 0.5) is 0 Å². The van der Waals surface area contributed by atoms with Crippen molar-refractivity contribution < 1.29 is 9.59 Å². The Morgan fingerprint density at radius 2 is 2.09 bits per heavy atom. The quantitative estimate of drug-likeness (QED) is 0.428. The van der Waals surface area contributed by atoms with E-state index in [9.17, 15) is 9.59 Å². The SMILES string of the molecule is C=CCC(=O)N([C]=O)CC=C. The first-order valence-electron chi connectivity index (χ1n) is 3.16. The highest BCUT2D eigenvalue weighted by Crippen LogP contribution is 1.91. The van der Waals surface area contributed by atoms with Gasteiger partial charge in [0, 0.05) is 13.0 Å². The second-order valence-electron chi connectivity index (χ2n) is 1.88. The molecule has 0 saturated carbocycles. The van der Waals surface area contributed by atoms with Crippen molar-refractivity contribution in [3.8, 4) is 0 Å². The zero-order chi connectivity index (χ0) is 8.69. The third-order valence-electron chi connectivity index (χ3n) is 1.04. The van der Waals surface area contributed by atoms with Crippen molar-refractivity contribution in [3.05, 3.63) is 25.3 Å². The van der Waals surface area contributed by atoms with E-state index in [2.05, 4.69) is 13.2 Å². The zero-order valence-electron chi connectivity index (χ0n) is 6.25. The van der Waals surface area contributed by atoms with Crippen molar-refractivity contribution >= 4 is 12.3 Å². The summed E-state index contributed by atoms with van der Waals surface area (Å²) in [6, 6.07) is 0. The summed E-state index contributed by atoms with van der Waals surface area (Å²) in [5.74, 6) is -0.310. The summed E-state index contributed by atoms with van der Waals surface area (Å²) in [5.41, 5.74) is 0. The highest BCUT2D eigenvalue weighted by Gasteiger charge is 2.08. The number of hydrogen-bond donors (Lipinski definition) is 0. The molecule has 0 aliphatic rings. The summed E-state index contributed by atoms with van der Waals surface area (Å²) < 4.78 is 0. The summed E-state index contributed by atoms with van der Waals surface area (Å²) in [7, 11) is 0. The third-order valence-corrected chi connectivity index (χ3v) is 1.04. The summed E-state index contributed by atoms with van der Waals surface area (Å²) >= 11 is 0. The number of hydrogen-bond acceptors (Lipinski definition) is 2. The van der Waals surface area contributed by atoms with Crippen LogP contribution in [0.2, 0.25) is 0 Å². The molecule has 11 heavy (non-hydrogen) atoms. The summed E-state index contributed by atoms with van der Waals surface area (Å²) in [4.78, 5) is 21.9. The van der Waals surface area contributed by atoms with E-state index < -0.39 is 0 Å². The Labute approximate surface area is 66.0 Å². The van der Waals surface area contributed by atoms with Gasteiger partial charge in [-0.15, -0.1) is 13.2 Å². The molecule has 0 heterocycles. The molecule has 0 aromatic carbocycles. The molecule has 0 spiro atoms. The van der Waals surface area contributed by atoms with Gasteiger partial charge in [-0.3, -0.25) is 14.5 Å². The number of nitrogens with zero attached hydrogens (tertiary/aromatic N) is 1. The topological polar surface area (TPSA) is 37.4 Å². The van der Waals surface area contributed by atoms with Crippen LogP contribution in [0.5, 0.6) is 0 Å². The van der Waals surface area contributed by atoms with Crippen LogP contribution < -0.4 is 0 Å². The second kappa shape index (κ2) is 5.41. The number of carbonyl (C=O) groups is 1. The maximum Gasteiger partial charge on any atom is 0.319 e. The fourth-order valence-electron chi connectivity index (χ4n) is 0.553. The molecule has 0 aromatic rings. The van der Waals surface area contributed by atoms with Crippen molar-refractivity contribution in [1.29, 1.82) is 0 Å². The molecular formula is C8H10NO2. The van der Waals surface area contributed by atoms with Crippen LogP contribution in [0.3, 0.4) is 0 Å². The van der Waals surface area contributed by atoms with E-state index in [0.717, 1.165) is 4.90 Å². The van der Waals surface area contributed by atoms with Crippen LogP contribution in [0.1, 0.15) is 6.42 Å². The first-order chi connectivity index (χ1) is 5.26. The Morgan fingerprint density at radius 1 is 1.45 bits per heavy atom. The van der Waals surface area contributed by atoms with Gasteiger partial charge < -0.3 is 0 Å². The largest absolute Gasteiger partial charge is 0.319 e. The van der Waals surface area contributed by atoms with E-state index in [0.29, 0.717) is 0 Å². The smallest absolute Gasteiger partial charge is 0.274 e. The Bertz CT molecular complexity index is 175. The third kappa shape index (κ3) is 3.35. The Kier molecular flexibility index (Phi) is 4.73. The second-order valence-corrected chi connectivity index (χ2v) is 1.88. The standard InChI is InChI=1S/C8H10NO2/c1-3-5-8(11)9(7-10)6-4-2/h3-4H,1-2,5-6H2. The molecule has 0 N–H and O–H groups in total. The van der Waals surface area contributed by atoms with Gasteiger partial charge in [-0.05, 0) is 0 Å².